The molecule has 4 heteroatoms. The van der Waals surface area contributed by atoms with Gasteiger partial charge in [0.25, 0.3) is 5.91 Å². The van der Waals surface area contributed by atoms with Crippen LogP contribution >= 0.6 is 0 Å². The first-order chi connectivity index (χ1) is 7.29. The van der Waals surface area contributed by atoms with Gasteiger partial charge in [-0.15, -0.1) is 0 Å². The highest BCUT2D eigenvalue weighted by atomic mass is 16.6. The van der Waals surface area contributed by atoms with Crippen LogP contribution in [-0.4, -0.2) is 24.3 Å². The summed E-state index contributed by atoms with van der Waals surface area (Å²) in [4.78, 5) is 16.3. The summed E-state index contributed by atoms with van der Waals surface area (Å²) >= 11 is 0. The Bertz CT molecular complexity index is 347. The summed E-state index contributed by atoms with van der Waals surface area (Å²) in [6.45, 7) is 2.13. The fraction of sp³-hybridized carbons (Fsp3) is 0.636. The van der Waals surface area contributed by atoms with Crippen molar-refractivity contribution < 1.29 is 9.63 Å². The van der Waals surface area contributed by atoms with Gasteiger partial charge < -0.3 is 10.2 Å². The zero-order valence-corrected chi connectivity index (χ0v) is 8.75. The van der Waals surface area contributed by atoms with Crippen LogP contribution in [0.5, 0.6) is 0 Å². The minimum absolute atomic E-state index is 0.00297. The molecule has 1 amide bonds. The van der Waals surface area contributed by atoms with Gasteiger partial charge in [0.15, 0.2) is 0 Å². The second-order valence-electron chi connectivity index (χ2n) is 3.87. The second-order valence-corrected chi connectivity index (χ2v) is 3.87. The van der Waals surface area contributed by atoms with Crippen molar-refractivity contribution in [1.29, 1.82) is 0 Å². The fourth-order valence-corrected chi connectivity index (χ4v) is 1.58. The molecule has 1 unspecified atom stereocenters. The van der Waals surface area contributed by atoms with Crippen LogP contribution in [-0.2, 0) is 9.63 Å². The third-order valence-corrected chi connectivity index (χ3v) is 2.53. The molecule has 15 heavy (non-hydrogen) atoms. The molecule has 1 fully saturated rings. The number of carbonyl (C=O) groups is 1. The molecule has 1 saturated carbocycles. The van der Waals surface area contributed by atoms with Gasteiger partial charge >= 0.3 is 0 Å². The van der Waals surface area contributed by atoms with Crippen LogP contribution < -0.4 is 5.32 Å². The lowest BCUT2D eigenvalue weighted by Crippen LogP contribution is -2.31. The third-order valence-electron chi connectivity index (χ3n) is 2.53. The van der Waals surface area contributed by atoms with E-state index >= 15 is 0 Å². The summed E-state index contributed by atoms with van der Waals surface area (Å²) in [5.74, 6) is 5.38. The normalized spacial score (nSPS) is 23.5. The molecule has 1 N–H and O–H groups in total. The lowest BCUT2D eigenvalue weighted by Gasteiger charge is -2.07. The molecule has 0 saturated heterocycles. The topological polar surface area (TPSA) is 50.7 Å². The number of hydrogen-bond donors (Lipinski definition) is 1. The molecule has 0 aromatic heterocycles. The molecule has 1 aliphatic carbocycles. The van der Waals surface area contributed by atoms with E-state index < -0.39 is 0 Å². The smallest absolute Gasteiger partial charge is 0.296 e. The number of rotatable bonds is 3. The lowest BCUT2D eigenvalue weighted by atomic mass is 10.1. The van der Waals surface area contributed by atoms with Crippen LogP contribution in [0.2, 0.25) is 0 Å². The maximum absolute atomic E-state index is 11.0. The monoisotopic (exact) mass is 206 g/mol. The summed E-state index contributed by atoms with van der Waals surface area (Å²) in [6.07, 6.45) is 3.33. The SMILES string of the molecule is CC#CC(=O)NCC1CC(C2CC2)=NO1. The average Bonchev–Trinajstić information content (AvgIpc) is 2.96. The van der Waals surface area contributed by atoms with E-state index in [-0.39, 0.29) is 12.0 Å². The van der Waals surface area contributed by atoms with E-state index in [1.54, 1.807) is 6.92 Å². The molecule has 2 aliphatic rings. The number of carbonyl (C=O) groups excluding carboxylic acids is 1. The minimum atomic E-state index is -0.249. The quantitative estimate of drug-likeness (QED) is 0.690. The van der Waals surface area contributed by atoms with Gasteiger partial charge in [-0.25, -0.2) is 0 Å². The number of nitrogens with zero attached hydrogens (tertiary/aromatic N) is 1. The highest BCUT2D eigenvalue weighted by Crippen LogP contribution is 2.34. The van der Waals surface area contributed by atoms with Crippen LogP contribution in [0, 0.1) is 17.8 Å². The summed E-state index contributed by atoms with van der Waals surface area (Å²) in [7, 11) is 0. The molecule has 1 atom stereocenters. The first kappa shape index (κ1) is 10.0. The first-order valence-corrected chi connectivity index (χ1v) is 5.22. The Morgan fingerprint density at radius 1 is 1.67 bits per heavy atom. The van der Waals surface area contributed by atoms with Gasteiger partial charge in [0, 0.05) is 12.3 Å². The number of hydrogen-bond acceptors (Lipinski definition) is 3. The Labute approximate surface area is 89.1 Å². The zero-order chi connectivity index (χ0) is 10.7. The van der Waals surface area contributed by atoms with Crippen molar-refractivity contribution in [3.05, 3.63) is 0 Å². The predicted molar refractivity (Wildman–Crippen MR) is 56.1 cm³/mol. The summed E-state index contributed by atoms with van der Waals surface area (Å²) in [5, 5.41) is 6.73. The third kappa shape index (κ3) is 2.72. The van der Waals surface area contributed by atoms with E-state index in [0.717, 1.165) is 12.1 Å². The average molecular weight is 206 g/mol. The highest BCUT2D eigenvalue weighted by molar-refractivity contribution is 5.93. The van der Waals surface area contributed by atoms with Gasteiger partial charge in [0.2, 0.25) is 0 Å². The molecular formula is C11H14N2O2. The van der Waals surface area contributed by atoms with Crippen molar-refractivity contribution >= 4 is 11.6 Å². The van der Waals surface area contributed by atoms with Gasteiger partial charge in [-0.05, 0) is 25.7 Å². The maximum Gasteiger partial charge on any atom is 0.296 e. The number of amides is 1. The minimum Gasteiger partial charge on any atom is -0.390 e. The summed E-state index contributed by atoms with van der Waals surface area (Å²) < 4.78 is 0. The van der Waals surface area contributed by atoms with Crippen LogP contribution in [0.3, 0.4) is 0 Å². The second kappa shape index (κ2) is 4.35. The maximum atomic E-state index is 11.0. The van der Waals surface area contributed by atoms with E-state index in [9.17, 15) is 4.79 Å². The fourth-order valence-electron chi connectivity index (χ4n) is 1.58. The predicted octanol–water partition coefficient (Wildman–Crippen LogP) is 0.681. The van der Waals surface area contributed by atoms with Gasteiger partial charge in [-0.1, -0.05) is 11.1 Å². The first-order valence-electron chi connectivity index (χ1n) is 5.22. The van der Waals surface area contributed by atoms with Crippen LogP contribution in [0.1, 0.15) is 26.2 Å². The Morgan fingerprint density at radius 2 is 2.47 bits per heavy atom. The van der Waals surface area contributed by atoms with Gasteiger partial charge in [0.05, 0.1) is 12.3 Å². The molecule has 1 aliphatic heterocycles. The molecule has 2 rings (SSSR count). The molecule has 4 nitrogen and oxygen atoms in total. The van der Waals surface area contributed by atoms with Crippen molar-refractivity contribution in [3.63, 3.8) is 0 Å². The molecule has 0 radical (unpaired) electrons. The number of oxime groups is 1. The van der Waals surface area contributed by atoms with Crippen molar-refractivity contribution in [2.24, 2.45) is 11.1 Å². The van der Waals surface area contributed by atoms with E-state index in [1.807, 2.05) is 0 Å². The highest BCUT2D eigenvalue weighted by Gasteiger charge is 2.33. The van der Waals surface area contributed by atoms with E-state index in [4.69, 9.17) is 4.84 Å². The molecule has 80 valence electrons. The lowest BCUT2D eigenvalue weighted by molar-refractivity contribution is -0.116. The van der Waals surface area contributed by atoms with Gasteiger partial charge in [-0.3, -0.25) is 4.79 Å². The summed E-state index contributed by atoms with van der Waals surface area (Å²) in [6, 6.07) is 0. The van der Waals surface area contributed by atoms with E-state index in [0.29, 0.717) is 12.5 Å². The Kier molecular flexibility index (Phi) is 2.91. The molecule has 1 heterocycles. The standard InChI is InChI=1S/C11H14N2O2/c1-2-3-11(14)12-7-9-6-10(13-15-9)8-4-5-8/h8-9H,4-7H2,1H3,(H,12,14). The van der Waals surface area contributed by atoms with Crippen molar-refractivity contribution in [2.75, 3.05) is 6.54 Å². The Hall–Kier alpha value is -1.50. The van der Waals surface area contributed by atoms with E-state index in [1.165, 1.54) is 12.8 Å². The number of nitrogens with one attached hydrogen (secondary N) is 1. The van der Waals surface area contributed by atoms with Gasteiger partial charge in [0.1, 0.15) is 6.10 Å². The molecule has 0 spiro atoms. The zero-order valence-electron chi connectivity index (χ0n) is 8.75. The van der Waals surface area contributed by atoms with E-state index in [2.05, 4.69) is 22.3 Å². The Balaban J connectivity index is 1.69. The summed E-state index contributed by atoms with van der Waals surface area (Å²) in [5.41, 5.74) is 1.16. The Morgan fingerprint density at radius 3 is 3.13 bits per heavy atom. The molecule has 0 aromatic carbocycles. The van der Waals surface area contributed by atoms with Crippen molar-refractivity contribution in [2.45, 2.75) is 32.3 Å². The van der Waals surface area contributed by atoms with Crippen LogP contribution in [0.25, 0.3) is 0 Å². The van der Waals surface area contributed by atoms with Crippen LogP contribution in [0.15, 0.2) is 5.16 Å². The molecule has 0 aromatic rings. The van der Waals surface area contributed by atoms with Crippen molar-refractivity contribution in [1.82, 2.24) is 5.32 Å². The molecule has 0 bridgehead atoms. The van der Waals surface area contributed by atoms with Crippen LogP contribution in [0.4, 0.5) is 0 Å². The van der Waals surface area contributed by atoms with Gasteiger partial charge in [-0.2, -0.15) is 0 Å². The van der Waals surface area contributed by atoms with Crippen molar-refractivity contribution in [3.8, 4) is 11.8 Å². The molecular weight excluding hydrogens is 192 g/mol. The largest absolute Gasteiger partial charge is 0.390 e.